The number of hydrogen-bond acceptors (Lipinski definition) is 4. The topological polar surface area (TPSA) is 51.8 Å². The van der Waals surface area contributed by atoms with Crippen molar-refractivity contribution in [2.24, 2.45) is 0 Å². The van der Waals surface area contributed by atoms with E-state index in [1.807, 2.05) is 24.3 Å². The lowest BCUT2D eigenvalue weighted by molar-refractivity contribution is 0.669. The molecule has 4 nitrogen and oxygen atoms in total. The second kappa shape index (κ2) is 13.3. The maximum absolute atomic E-state index is 6.53. The van der Waals surface area contributed by atoms with Crippen LogP contribution in [0.15, 0.2) is 205 Å². The molecule has 2 heterocycles. The molecule has 0 aliphatic rings. The molecule has 0 aliphatic heterocycles. The van der Waals surface area contributed by atoms with E-state index in [-0.39, 0.29) is 0 Å². The third-order valence-electron chi connectivity index (χ3n) is 11.7. The fraction of sp³-hybridized carbons (Fsp3) is 0. The maximum Gasteiger partial charge on any atom is 0.167 e. The zero-order valence-electron chi connectivity index (χ0n) is 31.8. The minimum absolute atomic E-state index is 0.557. The second-order valence-corrected chi connectivity index (χ2v) is 15.1. The molecule has 59 heavy (non-hydrogen) atoms. The van der Waals surface area contributed by atoms with Crippen LogP contribution >= 0.6 is 0 Å². The lowest BCUT2D eigenvalue weighted by atomic mass is 9.89. The van der Waals surface area contributed by atoms with Crippen LogP contribution in [0.2, 0.25) is 0 Å². The van der Waals surface area contributed by atoms with Gasteiger partial charge in [-0.2, -0.15) is 0 Å². The Labute approximate surface area is 339 Å². The summed E-state index contributed by atoms with van der Waals surface area (Å²) in [5.41, 5.74) is 8.92. The van der Waals surface area contributed by atoms with Crippen molar-refractivity contribution in [3.63, 3.8) is 0 Å². The molecule has 0 amide bonds. The van der Waals surface area contributed by atoms with E-state index in [1.165, 1.54) is 43.4 Å². The van der Waals surface area contributed by atoms with Crippen LogP contribution in [0.1, 0.15) is 0 Å². The predicted octanol–water partition coefficient (Wildman–Crippen LogP) is 14.7. The molecular weight excluding hydrogens is 719 g/mol. The molecule has 0 N–H and O–H groups in total. The van der Waals surface area contributed by atoms with Gasteiger partial charge in [-0.15, -0.1) is 0 Å². The predicted molar refractivity (Wildman–Crippen MR) is 244 cm³/mol. The van der Waals surface area contributed by atoms with Gasteiger partial charge in [-0.25, -0.2) is 15.0 Å². The summed E-state index contributed by atoms with van der Waals surface area (Å²) < 4.78 is 6.53. The van der Waals surface area contributed by atoms with E-state index in [9.17, 15) is 0 Å². The van der Waals surface area contributed by atoms with Gasteiger partial charge in [0.05, 0.1) is 5.56 Å². The number of fused-ring (bicyclic) bond motifs is 8. The van der Waals surface area contributed by atoms with Crippen molar-refractivity contribution < 1.29 is 4.42 Å². The van der Waals surface area contributed by atoms with Gasteiger partial charge in [0.2, 0.25) is 0 Å². The van der Waals surface area contributed by atoms with Crippen LogP contribution < -0.4 is 0 Å². The quantitative estimate of drug-likeness (QED) is 0.164. The molecule has 274 valence electrons. The molecule has 0 radical (unpaired) electrons. The SMILES string of the molecule is c1ccc2c(-c3ccc(-c4nc(-c5ccc(-c6cc7ccccc7c7ccccc67)c6ccccc56)nc(-c5cccc6c5oc5ccccc56)n4)cc3)cccc2c1. The summed E-state index contributed by atoms with van der Waals surface area (Å²) in [5.74, 6) is 1.75. The van der Waals surface area contributed by atoms with Gasteiger partial charge in [-0.3, -0.25) is 0 Å². The molecule has 12 aromatic rings. The molecule has 0 aliphatic carbocycles. The highest BCUT2D eigenvalue weighted by atomic mass is 16.3. The average molecular weight is 752 g/mol. The van der Waals surface area contributed by atoms with Gasteiger partial charge < -0.3 is 4.42 Å². The molecule has 4 heteroatoms. The number of nitrogens with zero attached hydrogens (tertiary/aromatic N) is 3. The van der Waals surface area contributed by atoms with E-state index in [4.69, 9.17) is 19.4 Å². The largest absolute Gasteiger partial charge is 0.455 e. The zero-order valence-corrected chi connectivity index (χ0v) is 31.8. The number of furan rings is 1. The summed E-state index contributed by atoms with van der Waals surface area (Å²) in [6.07, 6.45) is 0. The molecule has 0 unspecified atom stereocenters. The Balaban J connectivity index is 1.07. The summed E-state index contributed by atoms with van der Waals surface area (Å²) in [6.45, 7) is 0. The van der Waals surface area contributed by atoms with Crippen LogP contribution in [0.25, 0.3) is 121 Å². The highest BCUT2D eigenvalue weighted by molar-refractivity contribution is 6.17. The fourth-order valence-corrected chi connectivity index (χ4v) is 8.95. The van der Waals surface area contributed by atoms with E-state index in [0.29, 0.717) is 17.5 Å². The number of benzene rings is 10. The van der Waals surface area contributed by atoms with Gasteiger partial charge in [0, 0.05) is 21.9 Å². The van der Waals surface area contributed by atoms with Gasteiger partial charge in [-0.1, -0.05) is 176 Å². The van der Waals surface area contributed by atoms with Crippen LogP contribution in [0.5, 0.6) is 0 Å². The third-order valence-corrected chi connectivity index (χ3v) is 11.7. The number of para-hydroxylation sites is 2. The van der Waals surface area contributed by atoms with E-state index >= 15 is 0 Å². The van der Waals surface area contributed by atoms with Crippen molar-refractivity contribution in [2.75, 3.05) is 0 Å². The van der Waals surface area contributed by atoms with Gasteiger partial charge in [0.25, 0.3) is 0 Å². The lowest BCUT2D eigenvalue weighted by Crippen LogP contribution is -2.01. The Morgan fingerprint density at radius 2 is 0.780 bits per heavy atom. The summed E-state index contributed by atoms with van der Waals surface area (Å²) in [7, 11) is 0. The Hall–Kier alpha value is -7.95. The molecule has 0 saturated carbocycles. The first-order valence-corrected chi connectivity index (χ1v) is 19.9. The smallest absolute Gasteiger partial charge is 0.167 e. The summed E-state index contributed by atoms with van der Waals surface area (Å²) in [6, 6.07) is 70.6. The van der Waals surface area contributed by atoms with Crippen molar-refractivity contribution in [3.8, 4) is 56.4 Å². The van der Waals surface area contributed by atoms with E-state index in [2.05, 4.69) is 176 Å². The van der Waals surface area contributed by atoms with Crippen molar-refractivity contribution >= 4 is 65.0 Å². The molecular formula is C55H33N3O. The third kappa shape index (κ3) is 5.42. The monoisotopic (exact) mass is 751 g/mol. The van der Waals surface area contributed by atoms with Crippen LogP contribution in [-0.2, 0) is 0 Å². The highest BCUT2D eigenvalue weighted by Crippen LogP contribution is 2.42. The molecule has 2 aromatic heterocycles. The van der Waals surface area contributed by atoms with Crippen LogP contribution in [0.4, 0.5) is 0 Å². The number of rotatable bonds is 5. The standard InChI is InChI=1S/C55H33N3O/c1-3-16-38-34(13-1)15-11-23-39(38)35-27-29-36(30-28-35)53-56-54(58-55(57-53)49-25-12-24-47-46-22-9-10-26-51(46)59-52(47)49)48-32-31-45(42-19-6-7-20-43(42)48)50-33-37-14-2-4-17-40(37)41-18-5-8-21-44(41)50/h1-33H. The fourth-order valence-electron chi connectivity index (χ4n) is 8.95. The van der Waals surface area contributed by atoms with E-state index in [1.54, 1.807) is 0 Å². The number of hydrogen-bond donors (Lipinski definition) is 0. The average Bonchev–Trinajstić information content (AvgIpc) is 3.70. The first-order valence-electron chi connectivity index (χ1n) is 19.9. The Kier molecular flexibility index (Phi) is 7.50. The minimum atomic E-state index is 0.557. The summed E-state index contributed by atoms with van der Waals surface area (Å²) in [4.78, 5) is 15.7. The van der Waals surface area contributed by atoms with E-state index < -0.39 is 0 Å². The minimum Gasteiger partial charge on any atom is -0.455 e. The van der Waals surface area contributed by atoms with Crippen LogP contribution in [0, 0.1) is 0 Å². The summed E-state index contributed by atoms with van der Waals surface area (Å²) in [5, 5.41) is 11.7. The van der Waals surface area contributed by atoms with Crippen molar-refractivity contribution in [3.05, 3.63) is 200 Å². The molecule has 0 spiro atoms. The van der Waals surface area contributed by atoms with Crippen LogP contribution in [0.3, 0.4) is 0 Å². The Bertz CT molecular complexity index is 3620. The molecule has 0 bridgehead atoms. The molecule has 0 atom stereocenters. The van der Waals surface area contributed by atoms with Gasteiger partial charge in [0.15, 0.2) is 17.5 Å². The molecule has 12 rings (SSSR count). The van der Waals surface area contributed by atoms with E-state index in [0.717, 1.165) is 60.5 Å². The highest BCUT2D eigenvalue weighted by Gasteiger charge is 2.20. The van der Waals surface area contributed by atoms with Gasteiger partial charge in [0.1, 0.15) is 11.2 Å². The first kappa shape index (κ1) is 33.2. The molecule has 0 saturated heterocycles. The van der Waals surface area contributed by atoms with Crippen molar-refractivity contribution in [2.45, 2.75) is 0 Å². The zero-order chi connectivity index (χ0) is 38.9. The van der Waals surface area contributed by atoms with Crippen LogP contribution in [-0.4, -0.2) is 15.0 Å². The Morgan fingerprint density at radius 1 is 0.271 bits per heavy atom. The normalized spacial score (nSPS) is 11.7. The van der Waals surface area contributed by atoms with Crippen molar-refractivity contribution in [1.82, 2.24) is 15.0 Å². The van der Waals surface area contributed by atoms with Gasteiger partial charge >= 0.3 is 0 Å². The van der Waals surface area contributed by atoms with Crippen molar-refractivity contribution in [1.29, 1.82) is 0 Å². The Morgan fingerprint density at radius 3 is 1.58 bits per heavy atom. The van der Waals surface area contributed by atoms with Gasteiger partial charge in [-0.05, 0) is 89.6 Å². The maximum atomic E-state index is 6.53. The molecule has 10 aromatic carbocycles. The summed E-state index contributed by atoms with van der Waals surface area (Å²) >= 11 is 0. The first-order chi connectivity index (χ1) is 29.2. The molecule has 0 fully saturated rings. The lowest BCUT2D eigenvalue weighted by Gasteiger charge is -2.16. The second-order valence-electron chi connectivity index (χ2n) is 15.1. The number of aromatic nitrogens is 3.